The van der Waals surface area contributed by atoms with Crippen LogP contribution < -0.4 is 15.4 Å². The second-order valence-corrected chi connectivity index (χ2v) is 11.2. The molecule has 6 heteroatoms. The van der Waals surface area contributed by atoms with E-state index in [9.17, 15) is 9.69 Å². The third-order valence-corrected chi connectivity index (χ3v) is 6.33. The van der Waals surface area contributed by atoms with Crippen molar-refractivity contribution in [3.8, 4) is 5.75 Å². The van der Waals surface area contributed by atoms with Crippen molar-refractivity contribution in [2.45, 2.75) is 72.3 Å². The van der Waals surface area contributed by atoms with Crippen LogP contribution in [0.5, 0.6) is 5.75 Å². The Morgan fingerprint density at radius 2 is 1.92 bits per heavy atom. The van der Waals surface area contributed by atoms with E-state index in [1.807, 2.05) is 59.7 Å². The molecule has 1 aliphatic heterocycles. The van der Waals surface area contributed by atoms with Gasteiger partial charge in [-0.3, -0.25) is 4.79 Å². The molecule has 2 unspecified atom stereocenters. The van der Waals surface area contributed by atoms with E-state index in [1.54, 1.807) is 0 Å². The van der Waals surface area contributed by atoms with Crippen LogP contribution in [0.2, 0.25) is 0 Å². The third-order valence-electron chi connectivity index (χ3n) is 4.17. The van der Waals surface area contributed by atoms with Gasteiger partial charge in [-0.15, -0.1) is 0 Å². The predicted octanol–water partition coefficient (Wildman–Crippen LogP) is 4.39. The summed E-state index contributed by atoms with van der Waals surface area (Å²) in [6.45, 7) is 12.2. The van der Waals surface area contributed by atoms with Crippen LogP contribution in [0.15, 0.2) is 18.2 Å². The number of hydrogen-bond donors (Lipinski definition) is 2. The maximum atomic E-state index is 12.5. The number of ether oxygens (including phenoxy) is 2. The molecule has 0 saturated carbocycles. The van der Waals surface area contributed by atoms with Gasteiger partial charge in [-0.05, 0) is 25.0 Å². The first kappa shape index (κ1) is 21.1. The van der Waals surface area contributed by atoms with Crippen molar-refractivity contribution in [2.75, 3.05) is 11.9 Å². The first-order valence-corrected chi connectivity index (χ1v) is 10.5. The summed E-state index contributed by atoms with van der Waals surface area (Å²) in [7, 11) is -1.55. The second-order valence-electron chi connectivity index (χ2n) is 8.75. The number of nitrogens with one attached hydrogen (secondary N) is 1. The van der Waals surface area contributed by atoms with Gasteiger partial charge in [0, 0.05) is 17.0 Å². The van der Waals surface area contributed by atoms with Gasteiger partial charge < -0.3 is 19.7 Å². The molecule has 0 aromatic heterocycles. The summed E-state index contributed by atoms with van der Waals surface area (Å²) >= 11 is 0. The largest absolute Gasteiger partial charge is 0.464 e. The summed E-state index contributed by atoms with van der Waals surface area (Å²) in [4.78, 5) is 23.6. The van der Waals surface area contributed by atoms with Crippen molar-refractivity contribution >= 4 is 25.0 Å². The fraction of sp³-hybridized carbons (Fsp3) is 0.650. The summed E-state index contributed by atoms with van der Waals surface area (Å²) < 4.78 is 11.8. The third kappa shape index (κ3) is 5.42. The van der Waals surface area contributed by atoms with E-state index < -0.39 is 13.6 Å². The van der Waals surface area contributed by atoms with Gasteiger partial charge in [0.15, 0.2) is 6.29 Å². The maximum absolute atomic E-state index is 12.5. The Kier molecular flexibility index (Phi) is 6.70. The Morgan fingerprint density at radius 1 is 1.23 bits per heavy atom. The molecule has 1 amide bonds. The number of carbonyl (C=O) groups is 1. The van der Waals surface area contributed by atoms with E-state index in [4.69, 9.17) is 9.47 Å². The Labute approximate surface area is 158 Å². The van der Waals surface area contributed by atoms with Gasteiger partial charge in [-0.25, -0.2) is 0 Å². The van der Waals surface area contributed by atoms with Gasteiger partial charge in [-0.2, -0.15) is 0 Å². The molecule has 1 aromatic carbocycles. The molecule has 1 aliphatic rings. The molecule has 1 heterocycles. The van der Waals surface area contributed by atoms with Crippen molar-refractivity contribution < 1.29 is 19.2 Å². The van der Waals surface area contributed by atoms with Gasteiger partial charge in [0.05, 0.1) is 25.7 Å². The predicted molar refractivity (Wildman–Crippen MR) is 107 cm³/mol. The minimum absolute atomic E-state index is 0.0953. The monoisotopic (exact) mass is 381 g/mol. The summed E-state index contributed by atoms with van der Waals surface area (Å²) in [5.74, 6) is 0.495. The molecule has 0 bridgehead atoms. The molecule has 146 valence electrons. The van der Waals surface area contributed by atoms with Crippen LogP contribution >= 0.6 is 8.15 Å². The van der Waals surface area contributed by atoms with Crippen molar-refractivity contribution in [3.63, 3.8) is 0 Å². The SMILES string of the molecule is CC(C)(C)C(=O)Nc1cccc(OC2CCCCO2)c1P(O)C(C)(C)C. The minimum atomic E-state index is -1.55. The summed E-state index contributed by atoms with van der Waals surface area (Å²) in [5.41, 5.74) is 0.0855. The number of rotatable bonds is 4. The molecule has 1 fully saturated rings. The van der Waals surface area contributed by atoms with Crippen LogP contribution in [0.4, 0.5) is 5.69 Å². The van der Waals surface area contributed by atoms with E-state index in [0.717, 1.165) is 19.3 Å². The maximum Gasteiger partial charge on any atom is 0.229 e. The fourth-order valence-corrected chi connectivity index (χ4v) is 3.89. The van der Waals surface area contributed by atoms with E-state index in [0.29, 0.717) is 23.3 Å². The number of carbonyl (C=O) groups excluding carboxylic acids is 1. The molecule has 1 saturated heterocycles. The zero-order chi connectivity index (χ0) is 19.5. The normalized spacial score (nSPS) is 19.7. The average molecular weight is 381 g/mol. The first-order valence-electron chi connectivity index (χ1n) is 9.22. The van der Waals surface area contributed by atoms with Gasteiger partial charge in [-0.1, -0.05) is 47.6 Å². The highest BCUT2D eigenvalue weighted by atomic mass is 31.1. The van der Waals surface area contributed by atoms with Gasteiger partial charge >= 0.3 is 0 Å². The standard InChI is InChI=1S/C20H32NO4P/c1-19(2,3)18(22)21-14-10-9-11-15(17(14)26(23)20(4,5)6)25-16-12-7-8-13-24-16/h9-11,16,23H,7-8,12-13H2,1-6H3,(H,21,22). The Balaban J connectivity index is 2.40. The highest BCUT2D eigenvalue weighted by Crippen LogP contribution is 2.48. The molecule has 5 nitrogen and oxygen atoms in total. The van der Waals surface area contributed by atoms with E-state index in [-0.39, 0.29) is 17.4 Å². The highest BCUT2D eigenvalue weighted by molar-refractivity contribution is 7.62. The van der Waals surface area contributed by atoms with Crippen LogP contribution in [-0.4, -0.2) is 28.9 Å². The molecular weight excluding hydrogens is 349 g/mol. The molecule has 2 rings (SSSR count). The van der Waals surface area contributed by atoms with Crippen LogP contribution in [0.1, 0.15) is 60.8 Å². The van der Waals surface area contributed by atoms with Crippen LogP contribution in [0.25, 0.3) is 0 Å². The Hall–Kier alpha value is -1.16. The molecule has 2 atom stereocenters. The zero-order valence-corrected chi connectivity index (χ0v) is 17.7. The van der Waals surface area contributed by atoms with Crippen molar-refractivity contribution in [3.05, 3.63) is 18.2 Å². The van der Waals surface area contributed by atoms with Crippen molar-refractivity contribution in [2.24, 2.45) is 5.41 Å². The molecule has 1 aromatic rings. The van der Waals surface area contributed by atoms with Crippen LogP contribution in [-0.2, 0) is 9.53 Å². The van der Waals surface area contributed by atoms with E-state index >= 15 is 0 Å². The summed E-state index contributed by atoms with van der Waals surface area (Å²) in [6.07, 6.45) is 2.63. The van der Waals surface area contributed by atoms with Gasteiger partial charge in [0.2, 0.25) is 5.91 Å². The molecule has 2 N–H and O–H groups in total. The number of benzene rings is 1. The van der Waals surface area contributed by atoms with Crippen molar-refractivity contribution in [1.29, 1.82) is 0 Å². The molecule has 26 heavy (non-hydrogen) atoms. The quantitative estimate of drug-likeness (QED) is 0.759. The highest BCUT2D eigenvalue weighted by Gasteiger charge is 2.32. The van der Waals surface area contributed by atoms with Gasteiger partial charge in [0.25, 0.3) is 0 Å². The zero-order valence-electron chi connectivity index (χ0n) is 16.8. The number of anilines is 1. The number of hydrogen-bond acceptors (Lipinski definition) is 4. The van der Waals surface area contributed by atoms with Crippen molar-refractivity contribution in [1.82, 2.24) is 0 Å². The van der Waals surface area contributed by atoms with Crippen LogP contribution in [0, 0.1) is 5.41 Å². The smallest absolute Gasteiger partial charge is 0.229 e. The number of amides is 1. The minimum Gasteiger partial charge on any atom is -0.464 e. The van der Waals surface area contributed by atoms with E-state index in [2.05, 4.69) is 5.32 Å². The molecule has 0 aliphatic carbocycles. The Morgan fingerprint density at radius 3 is 2.46 bits per heavy atom. The second kappa shape index (κ2) is 8.24. The first-order chi connectivity index (χ1) is 12.0. The van der Waals surface area contributed by atoms with Crippen LogP contribution in [0.3, 0.4) is 0 Å². The topological polar surface area (TPSA) is 67.8 Å². The average Bonchev–Trinajstić information content (AvgIpc) is 2.54. The lowest BCUT2D eigenvalue weighted by Crippen LogP contribution is -2.32. The summed E-state index contributed by atoms with van der Waals surface area (Å²) in [5, 5.41) is 3.30. The lowest BCUT2D eigenvalue weighted by atomic mass is 9.95. The lowest BCUT2D eigenvalue weighted by molar-refractivity contribution is -0.123. The fourth-order valence-electron chi connectivity index (χ4n) is 2.53. The lowest BCUT2D eigenvalue weighted by Gasteiger charge is -2.31. The molecular formula is C20H32NO4P. The van der Waals surface area contributed by atoms with Gasteiger partial charge in [0.1, 0.15) is 5.75 Å². The molecule has 0 radical (unpaired) electrons. The Bertz CT molecular complexity index is 628. The molecule has 0 spiro atoms. The van der Waals surface area contributed by atoms with E-state index in [1.165, 1.54) is 0 Å². The summed E-state index contributed by atoms with van der Waals surface area (Å²) in [6, 6.07) is 5.51.